The summed E-state index contributed by atoms with van der Waals surface area (Å²) in [6.07, 6.45) is 2.25. The van der Waals surface area contributed by atoms with Crippen molar-refractivity contribution >= 4 is 5.69 Å². The molecule has 5 heteroatoms. The van der Waals surface area contributed by atoms with Crippen molar-refractivity contribution in [2.75, 3.05) is 7.05 Å². The maximum Gasteiger partial charge on any atom is 0.291 e. The smallest absolute Gasteiger partial charge is 0.291 e. The summed E-state index contributed by atoms with van der Waals surface area (Å²) in [5.74, 6) is 0.405. The zero-order chi connectivity index (χ0) is 13.0. The van der Waals surface area contributed by atoms with Gasteiger partial charge in [-0.3, -0.25) is 15.1 Å². The lowest BCUT2D eigenvalue weighted by molar-refractivity contribution is -0.386. The lowest BCUT2D eigenvalue weighted by atomic mass is 9.98. The number of likely N-dealkylation sites (N-methyl/N-ethyl adjacent to an activating group) is 1. The Labute approximate surface area is 101 Å². The average molecular weight is 237 g/mol. The highest BCUT2D eigenvalue weighted by molar-refractivity contribution is 5.38. The largest absolute Gasteiger partial charge is 0.316 e. The van der Waals surface area contributed by atoms with Crippen molar-refractivity contribution in [1.82, 2.24) is 10.3 Å². The third-order valence-electron chi connectivity index (χ3n) is 2.87. The van der Waals surface area contributed by atoms with Gasteiger partial charge in [0.15, 0.2) is 0 Å². The van der Waals surface area contributed by atoms with Crippen LogP contribution in [0.1, 0.15) is 25.1 Å². The highest BCUT2D eigenvalue weighted by atomic mass is 16.6. The predicted molar refractivity (Wildman–Crippen MR) is 67.0 cm³/mol. The van der Waals surface area contributed by atoms with Gasteiger partial charge in [-0.2, -0.15) is 0 Å². The van der Waals surface area contributed by atoms with E-state index in [-0.39, 0.29) is 16.7 Å². The Morgan fingerprint density at radius 2 is 2.18 bits per heavy atom. The summed E-state index contributed by atoms with van der Waals surface area (Å²) in [5, 5.41) is 14.1. The highest BCUT2D eigenvalue weighted by Crippen LogP contribution is 2.20. The van der Waals surface area contributed by atoms with E-state index in [4.69, 9.17) is 0 Å². The third-order valence-corrected chi connectivity index (χ3v) is 2.87. The summed E-state index contributed by atoms with van der Waals surface area (Å²) in [6, 6.07) is 1.78. The highest BCUT2D eigenvalue weighted by Gasteiger charge is 2.20. The second kappa shape index (κ2) is 5.72. The molecule has 94 valence electrons. The Morgan fingerprint density at radius 1 is 1.53 bits per heavy atom. The summed E-state index contributed by atoms with van der Waals surface area (Å²) in [4.78, 5) is 14.8. The molecular formula is C12H19N3O2. The van der Waals surface area contributed by atoms with E-state index in [0.29, 0.717) is 18.0 Å². The molecule has 0 amide bonds. The topological polar surface area (TPSA) is 68.1 Å². The van der Waals surface area contributed by atoms with Gasteiger partial charge in [0.05, 0.1) is 4.92 Å². The van der Waals surface area contributed by atoms with Crippen LogP contribution in [0.15, 0.2) is 12.3 Å². The van der Waals surface area contributed by atoms with Gasteiger partial charge < -0.3 is 5.32 Å². The van der Waals surface area contributed by atoms with Crippen molar-refractivity contribution in [3.8, 4) is 0 Å². The fraction of sp³-hybridized carbons (Fsp3) is 0.583. The molecule has 1 N–H and O–H groups in total. The van der Waals surface area contributed by atoms with Crippen molar-refractivity contribution in [1.29, 1.82) is 0 Å². The van der Waals surface area contributed by atoms with Crippen LogP contribution in [-0.4, -0.2) is 23.0 Å². The first-order chi connectivity index (χ1) is 7.95. The Balaban J connectivity index is 3.01. The van der Waals surface area contributed by atoms with Gasteiger partial charge in [-0.25, -0.2) is 0 Å². The molecule has 0 bridgehead atoms. The van der Waals surface area contributed by atoms with Crippen molar-refractivity contribution in [2.45, 2.75) is 33.2 Å². The predicted octanol–water partition coefficient (Wildman–Crippen LogP) is 2.08. The first-order valence-electron chi connectivity index (χ1n) is 5.73. The molecule has 0 fully saturated rings. The fourth-order valence-corrected chi connectivity index (χ4v) is 1.78. The van der Waals surface area contributed by atoms with Gasteiger partial charge in [0.25, 0.3) is 5.69 Å². The molecule has 0 aliphatic rings. The Kier molecular flexibility index (Phi) is 4.57. The molecule has 1 heterocycles. The molecule has 0 aromatic carbocycles. The Morgan fingerprint density at radius 3 is 2.65 bits per heavy atom. The molecule has 0 saturated heterocycles. The lowest BCUT2D eigenvalue weighted by Gasteiger charge is -2.19. The Bertz CT molecular complexity index is 405. The standard InChI is InChI=1S/C12H19N3O2/c1-8(2)10(13-4)6-11-12(15(16)17)5-9(3)7-14-11/h5,7-8,10,13H,6H2,1-4H3. The first kappa shape index (κ1) is 13.6. The molecule has 0 spiro atoms. The summed E-state index contributed by atoms with van der Waals surface area (Å²) < 4.78 is 0. The molecular weight excluding hydrogens is 218 g/mol. The summed E-state index contributed by atoms with van der Waals surface area (Å²) in [5.41, 5.74) is 1.48. The van der Waals surface area contributed by atoms with Gasteiger partial charge in [0.2, 0.25) is 0 Å². The number of aromatic nitrogens is 1. The monoisotopic (exact) mass is 237 g/mol. The average Bonchev–Trinajstić information content (AvgIpc) is 2.26. The number of hydrogen-bond acceptors (Lipinski definition) is 4. The molecule has 0 aliphatic heterocycles. The summed E-state index contributed by atoms with van der Waals surface area (Å²) in [7, 11) is 1.87. The van der Waals surface area contributed by atoms with E-state index in [1.165, 1.54) is 0 Å². The van der Waals surface area contributed by atoms with E-state index in [9.17, 15) is 10.1 Å². The minimum atomic E-state index is -0.359. The second-order valence-electron chi connectivity index (χ2n) is 4.58. The number of rotatable bonds is 5. The SMILES string of the molecule is CNC(Cc1ncc(C)cc1[N+](=O)[O-])C(C)C. The lowest BCUT2D eigenvalue weighted by Crippen LogP contribution is -2.33. The molecule has 0 saturated carbocycles. The maximum absolute atomic E-state index is 11.0. The molecule has 1 atom stereocenters. The number of hydrogen-bond donors (Lipinski definition) is 1. The third kappa shape index (κ3) is 3.49. The fourth-order valence-electron chi connectivity index (χ4n) is 1.78. The van der Waals surface area contributed by atoms with Crippen LogP contribution in [-0.2, 0) is 6.42 Å². The number of nitro groups is 1. The normalized spacial score (nSPS) is 12.8. The molecule has 0 radical (unpaired) electrons. The van der Waals surface area contributed by atoms with Crippen LogP contribution in [0.5, 0.6) is 0 Å². The van der Waals surface area contributed by atoms with Crippen molar-refractivity contribution in [3.05, 3.63) is 33.6 Å². The van der Waals surface area contributed by atoms with E-state index in [1.54, 1.807) is 12.3 Å². The minimum absolute atomic E-state index is 0.117. The van der Waals surface area contributed by atoms with Crippen molar-refractivity contribution in [3.63, 3.8) is 0 Å². The zero-order valence-electron chi connectivity index (χ0n) is 10.7. The quantitative estimate of drug-likeness (QED) is 0.629. The Hall–Kier alpha value is -1.49. The van der Waals surface area contributed by atoms with E-state index in [2.05, 4.69) is 24.1 Å². The molecule has 0 aliphatic carbocycles. The van der Waals surface area contributed by atoms with Crippen molar-refractivity contribution < 1.29 is 4.92 Å². The van der Waals surface area contributed by atoms with Gasteiger partial charge in [-0.05, 0) is 25.5 Å². The van der Waals surface area contributed by atoms with Crippen LogP contribution >= 0.6 is 0 Å². The minimum Gasteiger partial charge on any atom is -0.316 e. The van der Waals surface area contributed by atoms with Gasteiger partial charge in [-0.15, -0.1) is 0 Å². The van der Waals surface area contributed by atoms with E-state index in [1.807, 2.05) is 14.0 Å². The summed E-state index contributed by atoms with van der Waals surface area (Å²) in [6.45, 7) is 5.98. The number of nitrogens with one attached hydrogen (secondary N) is 1. The number of pyridine rings is 1. The van der Waals surface area contributed by atoms with Gasteiger partial charge >= 0.3 is 0 Å². The number of nitrogens with zero attached hydrogens (tertiary/aromatic N) is 2. The van der Waals surface area contributed by atoms with Crippen LogP contribution in [0.2, 0.25) is 0 Å². The molecule has 1 aromatic rings. The molecule has 1 unspecified atom stereocenters. The zero-order valence-corrected chi connectivity index (χ0v) is 10.7. The van der Waals surface area contributed by atoms with E-state index < -0.39 is 0 Å². The molecule has 5 nitrogen and oxygen atoms in total. The van der Waals surface area contributed by atoms with E-state index in [0.717, 1.165) is 5.56 Å². The molecule has 17 heavy (non-hydrogen) atoms. The molecule has 1 aromatic heterocycles. The molecule has 1 rings (SSSR count). The van der Waals surface area contributed by atoms with Crippen LogP contribution in [0.4, 0.5) is 5.69 Å². The van der Waals surface area contributed by atoms with Crippen molar-refractivity contribution in [2.24, 2.45) is 5.92 Å². The maximum atomic E-state index is 11.0. The van der Waals surface area contributed by atoms with Gasteiger partial charge in [-0.1, -0.05) is 13.8 Å². The van der Waals surface area contributed by atoms with Gasteiger partial charge in [0.1, 0.15) is 5.69 Å². The van der Waals surface area contributed by atoms with Crippen LogP contribution in [0, 0.1) is 23.0 Å². The van der Waals surface area contributed by atoms with Crippen LogP contribution in [0.25, 0.3) is 0 Å². The number of aryl methyl sites for hydroxylation is 1. The van der Waals surface area contributed by atoms with E-state index >= 15 is 0 Å². The summed E-state index contributed by atoms with van der Waals surface area (Å²) >= 11 is 0. The van der Waals surface area contributed by atoms with Crippen LogP contribution < -0.4 is 5.32 Å². The van der Waals surface area contributed by atoms with Gasteiger partial charge in [0, 0.05) is 24.7 Å². The van der Waals surface area contributed by atoms with Crippen LogP contribution in [0.3, 0.4) is 0 Å². The second-order valence-corrected chi connectivity index (χ2v) is 4.58. The first-order valence-corrected chi connectivity index (χ1v) is 5.73.